The molecule has 0 aliphatic heterocycles. The van der Waals surface area contributed by atoms with Gasteiger partial charge in [0.15, 0.2) is 0 Å². The Hall–Kier alpha value is -3.85. The summed E-state index contributed by atoms with van der Waals surface area (Å²) in [4.78, 5) is 30.1. The third kappa shape index (κ3) is 8.29. The van der Waals surface area contributed by atoms with Crippen molar-refractivity contribution < 1.29 is 18.0 Å². The number of nitrogens with one attached hydrogen (secondary N) is 1. The van der Waals surface area contributed by atoms with Crippen LogP contribution < -0.4 is 9.62 Å². The molecular weight excluding hydrogens is 641 g/mol. The lowest BCUT2D eigenvalue weighted by atomic mass is 10.0. The van der Waals surface area contributed by atoms with Crippen LogP contribution in [0.5, 0.6) is 0 Å². The lowest BCUT2D eigenvalue weighted by molar-refractivity contribution is -0.140. The van der Waals surface area contributed by atoms with Crippen molar-refractivity contribution in [3.8, 4) is 0 Å². The fourth-order valence-corrected chi connectivity index (χ4v) is 7.41. The van der Waals surface area contributed by atoms with E-state index < -0.39 is 28.5 Å². The first-order valence-corrected chi connectivity index (χ1v) is 17.5. The number of sulfonamides is 1. The maximum Gasteiger partial charge on any atom is 0.264 e. The molecule has 1 saturated carbocycles. The Labute approximate surface area is 281 Å². The molecule has 0 saturated heterocycles. The topological polar surface area (TPSA) is 86.8 Å². The van der Waals surface area contributed by atoms with Crippen LogP contribution in [0, 0.1) is 6.92 Å². The minimum atomic E-state index is -4.24. The summed E-state index contributed by atoms with van der Waals surface area (Å²) < 4.78 is 29.4. The quantitative estimate of drug-likeness (QED) is 0.172. The van der Waals surface area contributed by atoms with Crippen molar-refractivity contribution in [2.24, 2.45) is 0 Å². The summed E-state index contributed by atoms with van der Waals surface area (Å²) in [6, 6.07) is 28.9. The van der Waals surface area contributed by atoms with Crippen molar-refractivity contribution in [2.75, 3.05) is 10.8 Å². The molecule has 0 bridgehead atoms. The molecule has 2 amide bonds. The van der Waals surface area contributed by atoms with Crippen LogP contribution >= 0.6 is 23.2 Å². The highest BCUT2D eigenvalue weighted by atomic mass is 35.5. The van der Waals surface area contributed by atoms with Crippen LogP contribution in [0.25, 0.3) is 0 Å². The van der Waals surface area contributed by atoms with Crippen LogP contribution in [0.4, 0.5) is 5.69 Å². The molecule has 4 aromatic rings. The van der Waals surface area contributed by atoms with E-state index in [2.05, 4.69) is 5.32 Å². The number of anilines is 1. The molecule has 4 aromatic carbocycles. The molecule has 1 atom stereocenters. The highest BCUT2D eigenvalue weighted by molar-refractivity contribution is 7.92. The van der Waals surface area contributed by atoms with Crippen molar-refractivity contribution in [3.63, 3.8) is 0 Å². The fourth-order valence-electron chi connectivity index (χ4n) is 5.71. The van der Waals surface area contributed by atoms with E-state index in [9.17, 15) is 18.0 Å². The average Bonchev–Trinajstić information content (AvgIpc) is 3.57. The molecule has 0 radical (unpaired) electrons. The Bertz CT molecular complexity index is 1750. The number of carbonyl (C=O) groups is 2. The molecule has 0 unspecified atom stereocenters. The van der Waals surface area contributed by atoms with Gasteiger partial charge in [-0.05, 0) is 61.2 Å². The molecule has 0 aromatic heterocycles. The molecule has 1 aliphatic rings. The lowest BCUT2D eigenvalue weighted by Crippen LogP contribution is -2.54. The van der Waals surface area contributed by atoms with Gasteiger partial charge in [-0.15, -0.1) is 0 Å². The third-order valence-electron chi connectivity index (χ3n) is 8.25. The number of halogens is 2. The van der Waals surface area contributed by atoms with Crippen molar-refractivity contribution in [3.05, 3.63) is 130 Å². The second kappa shape index (κ2) is 15.2. The normalized spacial score (nSPS) is 14.1. The summed E-state index contributed by atoms with van der Waals surface area (Å²) >= 11 is 12.5. The summed E-state index contributed by atoms with van der Waals surface area (Å²) in [5.74, 6) is -0.796. The van der Waals surface area contributed by atoms with Crippen molar-refractivity contribution in [1.29, 1.82) is 0 Å². The average molecular weight is 679 g/mol. The van der Waals surface area contributed by atoms with Crippen molar-refractivity contribution >= 4 is 50.7 Å². The molecule has 1 fully saturated rings. The summed E-state index contributed by atoms with van der Waals surface area (Å²) in [5, 5.41) is 3.58. The Morgan fingerprint density at radius 3 is 2.04 bits per heavy atom. The van der Waals surface area contributed by atoms with E-state index in [-0.39, 0.29) is 45.5 Å². The Kier molecular flexibility index (Phi) is 11.0. The van der Waals surface area contributed by atoms with Gasteiger partial charge in [0, 0.05) is 19.0 Å². The predicted octanol–water partition coefficient (Wildman–Crippen LogP) is 7.20. The number of nitrogens with zero attached hydrogens (tertiary/aromatic N) is 2. The molecule has 0 heterocycles. The first-order valence-electron chi connectivity index (χ1n) is 15.3. The van der Waals surface area contributed by atoms with Gasteiger partial charge in [0.25, 0.3) is 10.0 Å². The second-order valence-electron chi connectivity index (χ2n) is 11.6. The molecule has 46 heavy (non-hydrogen) atoms. The van der Waals surface area contributed by atoms with E-state index in [4.69, 9.17) is 23.2 Å². The Morgan fingerprint density at radius 2 is 1.43 bits per heavy atom. The molecule has 0 spiro atoms. The minimum Gasteiger partial charge on any atom is -0.352 e. The summed E-state index contributed by atoms with van der Waals surface area (Å²) in [6.45, 7) is 1.40. The number of aryl methyl sites for hydroxylation is 1. The summed E-state index contributed by atoms with van der Waals surface area (Å²) in [5.41, 5.74) is 2.76. The zero-order valence-electron chi connectivity index (χ0n) is 25.6. The zero-order valence-corrected chi connectivity index (χ0v) is 27.9. The van der Waals surface area contributed by atoms with Gasteiger partial charge in [-0.1, -0.05) is 114 Å². The molecule has 7 nitrogen and oxygen atoms in total. The smallest absolute Gasteiger partial charge is 0.264 e. The van der Waals surface area contributed by atoms with Crippen molar-refractivity contribution in [1.82, 2.24) is 10.2 Å². The van der Waals surface area contributed by atoms with Gasteiger partial charge in [-0.2, -0.15) is 0 Å². The van der Waals surface area contributed by atoms with Crippen LogP contribution in [0.1, 0.15) is 42.4 Å². The molecule has 240 valence electrons. The van der Waals surface area contributed by atoms with Crippen LogP contribution in [0.3, 0.4) is 0 Å². The number of carbonyl (C=O) groups excluding carboxylic acids is 2. The van der Waals surface area contributed by atoms with Gasteiger partial charge in [0.05, 0.1) is 20.6 Å². The maximum absolute atomic E-state index is 14.6. The van der Waals surface area contributed by atoms with Crippen LogP contribution in [-0.2, 0) is 32.6 Å². The first kappa shape index (κ1) is 33.5. The van der Waals surface area contributed by atoms with E-state index in [0.29, 0.717) is 0 Å². The van der Waals surface area contributed by atoms with Crippen molar-refractivity contribution in [2.45, 2.75) is 62.6 Å². The molecule has 1 aliphatic carbocycles. The standard InChI is InChI=1S/C36H37Cl2N3O4S/c1-26-16-19-31(20-17-26)46(44,45)41(30-18-21-32(37)33(38)23-30)25-35(42)40(24-28-12-6-3-7-13-28)34(22-27-10-4-2-5-11-27)36(43)39-29-14-8-9-15-29/h2-7,10-13,16-21,23,29,34H,8-9,14-15,22,24-25H2,1H3,(H,39,43)/t34-/m0/s1. The monoisotopic (exact) mass is 677 g/mol. The summed E-state index contributed by atoms with van der Waals surface area (Å²) in [7, 11) is -4.24. The third-order valence-corrected chi connectivity index (χ3v) is 10.8. The van der Waals surface area contributed by atoms with Gasteiger partial charge >= 0.3 is 0 Å². The van der Waals surface area contributed by atoms with Gasteiger partial charge in [-0.25, -0.2) is 8.42 Å². The molecular formula is C36H37Cl2N3O4S. The van der Waals surface area contributed by atoms with Crippen LogP contribution in [0.15, 0.2) is 108 Å². The number of amides is 2. The minimum absolute atomic E-state index is 0.0198. The SMILES string of the molecule is Cc1ccc(S(=O)(=O)N(CC(=O)N(Cc2ccccc2)[C@@H](Cc2ccccc2)C(=O)NC2CCCC2)c2ccc(Cl)c(Cl)c2)cc1. The largest absolute Gasteiger partial charge is 0.352 e. The zero-order chi connectivity index (χ0) is 32.7. The molecule has 10 heteroatoms. The highest BCUT2D eigenvalue weighted by Crippen LogP contribution is 2.31. The summed E-state index contributed by atoms with van der Waals surface area (Å²) in [6.07, 6.45) is 4.11. The number of hydrogen-bond donors (Lipinski definition) is 1. The fraction of sp³-hybridized carbons (Fsp3) is 0.278. The van der Waals surface area contributed by atoms with E-state index in [1.807, 2.05) is 67.6 Å². The highest BCUT2D eigenvalue weighted by Gasteiger charge is 2.35. The number of benzene rings is 4. The van der Waals surface area contributed by atoms with Crippen LogP contribution in [0.2, 0.25) is 10.0 Å². The first-order chi connectivity index (χ1) is 22.1. The molecule has 5 rings (SSSR count). The van der Waals surface area contributed by atoms with E-state index in [1.165, 1.54) is 35.2 Å². The molecule has 1 N–H and O–H groups in total. The van der Waals surface area contributed by atoms with E-state index in [1.54, 1.807) is 12.1 Å². The second-order valence-corrected chi connectivity index (χ2v) is 14.3. The Balaban J connectivity index is 1.56. The number of rotatable bonds is 12. The Morgan fingerprint density at radius 1 is 0.826 bits per heavy atom. The van der Waals surface area contributed by atoms with Gasteiger partial charge in [0.2, 0.25) is 11.8 Å². The maximum atomic E-state index is 14.6. The van der Waals surface area contributed by atoms with Gasteiger partial charge in [-0.3, -0.25) is 13.9 Å². The van der Waals surface area contributed by atoms with Gasteiger partial charge in [0.1, 0.15) is 12.6 Å². The van der Waals surface area contributed by atoms with E-state index >= 15 is 0 Å². The predicted molar refractivity (Wildman–Crippen MR) is 183 cm³/mol. The van der Waals surface area contributed by atoms with E-state index in [0.717, 1.165) is 46.7 Å². The number of hydrogen-bond acceptors (Lipinski definition) is 4. The van der Waals surface area contributed by atoms with Gasteiger partial charge < -0.3 is 10.2 Å². The van der Waals surface area contributed by atoms with Crippen LogP contribution in [-0.4, -0.2) is 43.8 Å². The lowest BCUT2D eigenvalue weighted by Gasteiger charge is -2.34.